The van der Waals surface area contributed by atoms with Crippen molar-refractivity contribution in [2.24, 2.45) is 0 Å². The van der Waals surface area contributed by atoms with Gasteiger partial charge < -0.3 is 4.90 Å². The van der Waals surface area contributed by atoms with Crippen LogP contribution in [-0.2, 0) is 0 Å². The van der Waals surface area contributed by atoms with Crippen LogP contribution in [0.1, 0.15) is 24.7 Å². The summed E-state index contributed by atoms with van der Waals surface area (Å²) in [6.45, 7) is 0.692. The van der Waals surface area contributed by atoms with Gasteiger partial charge in [-0.15, -0.1) is 20.4 Å². The molecule has 0 bridgehead atoms. The highest BCUT2D eigenvalue weighted by molar-refractivity contribution is 7.13. The van der Waals surface area contributed by atoms with Crippen molar-refractivity contribution in [3.63, 3.8) is 0 Å². The Morgan fingerprint density at radius 3 is 3.14 bits per heavy atom. The Hall–Kier alpha value is -2.55. The Bertz CT molecular complexity index is 800. The fourth-order valence-corrected chi connectivity index (χ4v) is 3.19. The molecule has 8 nitrogen and oxygen atoms in total. The molecule has 0 radical (unpaired) electrons. The summed E-state index contributed by atoms with van der Waals surface area (Å²) in [5.41, 5.74) is 2.37. The fourth-order valence-electron chi connectivity index (χ4n) is 2.76. The number of amides is 2. The Labute approximate surface area is 129 Å². The molecule has 1 fully saturated rings. The number of aromatic nitrogens is 5. The lowest BCUT2D eigenvalue weighted by atomic mass is 10.2. The van der Waals surface area contributed by atoms with Gasteiger partial charge in [-0.2, -0.15) is 0 Å². The van der Waals surface area contributed by atoms with E-state index in [0.717, 1.165) is 24.3 Å². The number of rotatable bonds is 2. The number of hydrogen-bond acceptors (Lipinski definition) is 6. The summed E-state index contributed by atoms with van der Waals surface area (Å²) in [5.74, 6) is 0.792. The number of carbonyl (C=O) groups is 1. The van der Waals surface area contributed by atoms with Crippen molar-refractivity contribution in [1.82, 2.24) is 29.7 Å². The molecule has 1 N–H and O–H groups in total. The van der Waals surface area contributed by atoms with Crippen LogP contribution in [0.2, 0.25) is 0 Å². The summed E-state index contributed by atoms with van der Waals surface area (Å²) in [6.07, 6.45) is 3.74. The minimum absolute atomic E-state index is 0.0784. The number of nitrogens with zero attached hydrogens (tertiary/aromatic N) is 6. The van der Waals surface area contributed by atoms with E-state index in [1.165, 1.54) is 11.3 Å². The first-order chi connectivity index (χ1) is 10.8. The van der Waals surface area contributed by atoms with Gasteiger partial charge in [-0.25, -0.2) is 4.79 Å². The molecule has 1 atom stereocenters. The van der Waals surface area contributed by atoms with Crippen LogP contribution >= 0.6 is 11.3 Å². The van der Waals surface area contributed by atoms with Crippen LogP contribution in [-0.4, -0.2) is 42.3 Å². The van der Waals surface area contributed by atoms with E-state index in [2.05, 4.69) is 25.7 Å². The second kappa shape index (κ2) is 5.34. The molecule has 4 heterocycles. The summed E-state index contributed by atoms with van der Waals surface area (Å²) in [5, 5.41) is 19.3. The van der Waals surface area contributed by atoms with Gasteiger partial charge in [0.1, 0.15) is 5.51 Å². The van der Waals surface area contributed by atoms with Crippen molar-refractivity contribution < 1.29 is 4.79 Å². The molecule has 2 amide bonds. The Morgan fingerprint density at radius 1 is 1.32 bits per heavy atom. The van der Waals surface area contributed by atoms with Crippen molar-refractivity contribution >= 4 is 28.1 Å². The summed E-state index contributed by atoms with van der Waals surface area (Å²) >= 11 is 1.30. The van der Waals surface area contributed by atoms with Crippen LogP contribution in [0.3, 0.4) is 0 Å². The largest absolute Gasteiger partial charge is 0.324 e. The van der Waals surface area contributed by atoms with Gasteiger partial charge >= 0.3 is 6.03 Å². The van der Waals surface area contributed by atoms with Crippen molar-refractivity contribution in [2.45, 2.75) is 18.9 Å². The zero-order valence-electron chi connectivity index (χ0n) is 11.6. The van der Waals surface area contributed by atoms with Gasteiger partial charge in [0.2, 0.25) is 5.13 Å². The molecule has 1 unspecified atom stereocenters. The van der Waals surface area contributed by atoms with Gasteiger partial charge in [0.25, 0.3) is 0 Å². The lowest BCUT2D eigenvalue weighted by molar-refractivity contribution is 0.204. The summed E-state index contributed by atoms with van der Waals surface area (Å²) in [7, 11) is 0. The van der Waals surface area contributed by atoms with Gasteiger partial charge in [0, 0.05) is 12.7 Å². The lowest BCUT2D eigenvalue weighted by Crippen LogP contribution is -2.35. The normalized spacial score (nSPS) is 18.0. The Morgan fingerprint density at radius 2 is 2.27 bits per heavy atom. The molecule has 1 aliphatic heterocycles. The maximum atomic E-state index is 12.5. The Kier molecular flexibility index (Phi) is 3.19. The molecular weight excluding hydrogens is 302 g/mol. The molecule has 22 heavy (non-hydrogen) atoms. The van der Waals surface area contributed by atoms with E-state index in [4.69, 9.17) is 0 Å². The zero-order valence-corrected chi connectivity index (χ0v) is 12.4. The average molecular weight is 315 g/mol. The molecular formula is C13H13N7OS. The third kappa shape index (κ3) is 2.19. The Balaban J connectivity index is 1.62. The van der Waals surface area contributed by atoms with E-state index in [0.29, 0.717) is 11.7 Å². The van der Waals surface area contributed by atoms with Crippen molar-refractivity contribution in [1.29, 1.82) is 0 Å². The molecule has 112 valence electrons. The first-order valence-electron chi connectivity index (χ1n) is 6.96. The maximum absolute atomic E-state index is 12.5. The van der Waals surface area contributed by atoms with Crippen LogP contribution in [0.15, 0.2) is 29.9 Å². The minimum atomic E-state index is -0.174. The second-order valence-corrected chi connectivity index (χ2v) is 5.85. The van der Waals surface area contributed by atoms with Crippen molar-refractivity contribution in [3.05, 3.63) is 35.7 Å². The summed E-state index contributed by atoms with van der Waals surface area (Å²) in [4.78, 5) is 14.2. The highest BCUT2D eigenvalue weighted by atomic mass is 32.1. The van der Waals surface area contributed by atoms with Crippen LogP contribution in [0.25, 0.3) is 5.65 Å². The van der Waals surface area contributed by atoms with Gasteiger partial charge in [-0.3, -0.25) is 9.72 Å². The number of urea groups is 1. The van der Waals surface area contributed by atoms with Crippen LogP contribution in [0.5, 0.6) is 0 Å². The van der Waals surface area contributed by atoms with Crippen LogP contribution in [0.4, 0.5) is 9.93 Å². The smallest absolute Gasteiger partial charge is 0.314 e. The number of anilines is 1. The molecule has 0 aromatic carbocycles. The number of pyridine rings is 1. The second-order valence-electron chi connectivity index (χ2n) is 5.01. The molecule has 0 spiro atoms. The molecule has 4 rings (SSSR count). The van der Waals surface area contributed by atoms with E-state index in [1.54, 1.807) is 10.4 Å². The summed E-state index contributed by atoms with van der Waals surface area (Å²) in [6, 6.07) is 5.50. The van der Waals surface area contributed by atoms with E-state index >= 15 is 0 Å². The van der Waals surface area contributed by atoms with E-state index in [9.17, 15) is 4.79 Å². The highest BCUT2D eigenvalue weighted by Crippen LogP contribution is 2.31. The molecule has 0 aliphatic carbocycles. The van der Waals surface area contributed by atoms with Crippen molar-refractivity contribution in [2.75, 3.05) is 11.9 Å². The van der Waals surface area contributed by atoms with Gasteiger partial charge in [0.15, 0.2) is 11.5 Å². The quantitative estimate of drug-likeness (QED) is 0.781. The molecule has 3 aromatic heterocycles. The summed E-state index contributed by atoms with van der Waals surface area (Å²) < 4.78 is 1.93. The van der Waals surface area contributed by atoms with Gasteiger partial charge in [0.05, 0.1) is 6.04 Å². The average Bonchev–Trinajstić information content (AvgIpc) is 3.26. The number of fused-ring (bicyclic) bond motifs is 1. The monoisotopic (exact) mass is 315 g/mol. The first-order valence-corrected chi connectivity index (χ1v) is 7.84. The standard InChI is InChI=1S/C13H13N7OS/c21-13(15-12-18-14-8-22-12)19-7-3-4-9(19)11-17-16-10-5-1-2-6-20(10)11/h1-2,5-6,8-9H,3-4,7H2,(H,15,18,21). The predicted octanol–water partition coefficient (Wildman–Crippen LogP) is 1.95. The van der Waals surface area contributed by atoms with Crippen LogP contribution < -0.4 is 5.32 Å². The third-order valence-corrected chi connectivity index (χ3v) is 4.33. The lowest BCUT2D eigenvalue weighted by Gasteiger charge is -2.23. The number of likely N-dealkylation sites (tertiary alicyclic amines) is 1. The minimum Gasteiger partial charge on any atom is -0.314 e. The number of hydrogen-bond donors (Lipinski definition) is 1. The van der Waals surface area contributed by atoms with E-state index < -0.39 is 0 Å². The first kappa shape index (κ1) is 13.1. The van der Waals surface area contributed by atoms with Gasteiger partial charge in [-0.1, -0.05) is 17.4 Å². The topological polar surface area (TPSA) is 88.3 Å². The molecule has 9 heteroatoms. The van der Waals surface area contributed by atoms with E-state index in [-0.39, 0.29) is 12.1 Å². The molecule has 0 saturated carbocycles. The number of nitrogens with one attached hydrogen (secondary N) is 1. The number of carbonyl (C=O) groups excluding carboxylic acids is 1. The zero-order chi connectivity index (χ0) is 14.9. The highest BCUT2D eigenvalue weighted by Gasteiger charge is 2.33. The van der Waals surface area contributed by atoms with Crippen molar-refractivity contribution in [3.8, 4) is 0 Å². The fraction of sp³-hybridized carbons (Fsp3) is 0.308. The third-order valence-electron chi connectivity index (χ3n) is 3.73. The maximum Gasteiger partial charge on any atom is 0.324 e. The molecule has 1 saturated heterocycles. The van der Waals surface area contributed by atoms with E-state index in [1.807, 2.05) is 28.8 Å². The predicted molar refractivity (Wildman–Crippen MR) is 80.6 cm³/mol. The SMILES string of the molecule is O=C(Nc1nncs1)N1CCCC1c1nnc2ccccn12. The van der Waals surface area contributed by atoms with Gasteiger partial charge in [-0.05, 0) is 25.0 Å². The molecule has 1 aliphatic rings. The van der Waals surface area contributed by atoms with Crippen LogP contribution in [0, 0.1) is 0 Å². The molecule has 3 aromatic rings.